The van der Waals surface area contributed by atoms with E-state index in [9.17, 15) is 13.6 Å². The number of thiazole rings is 1. The molecule has 2 heterocycles. The van der Waals surface area contributed by atoms with Crippen LogP contribution in [-0.2, 0) is 0 Å². The number of rotatable bonds is 5. The quantitative estimate of drug-likeness (QED) is 0.825. The summed E-state index contributed by atoms with van der Waals surface area (Å²) in [6.07, 6.45) is 2.48. The number of nitrogens with zero attached hydrogens (tertiary/aromatic N) is 2. The van der Waals surface area contributed by atoms with E-state index in [1.165, 1.54) is 25.0 Å². The molecule has 2 aromatic rings. The summed E-state index contributed by atoms with van der Waals surface area (Å²) in [4.78, 5) is 17.2. The van der Waals surface area contributed by atoms with Crippen molar-refractivity contribution in [1.82, 2.24) is 10.3 Å². The topological polar surface area (TPSA) is 42.0 Å². The summed E-state index contributed by atoms with van der Waals surface area (Å²) < 4.78 is 28.0. The summed E-state index contributed by atoms with van der Waals surface area (Å²) in [5.41, 5.74) is 0.770. The van der Waals surface area contributed by atoms with Crippen LogP contribution in [0.2, 0.25) is 0 Å². The van der Waals surface area contributed by atoms with Gasteiger partial charge in [0.2, 0.25) is 0 Å². The lowest BCUT2D eigenvalue weighted by Gasteiger charge is -2.29. The van der Waals surface area contributed by atoms with Gasteiger partial charge in [-0.3, -0.25) is 4.79 Å². The van der Waals surface area contributed by atoms with Gasteiger partial charge in [-0.2, -0.15) is 0 Å². The van der Waals surface area contributed by atoms with Crippen molar-refractivity contribution >= 4 is 17.2 Å². The number of likely N-dealkylation sites (tertiary alicyclic amines) is 1. The molecule has 1 aromatic carbocycles. The lowest BCUT2D eigenvalue weighted by molar-refractivity contribution is -0.896. The van der Waals surface area contributed by atoms with E-state index in [0.29, 0.717) is 22.1 Å². The molecule has 0 spiro atoms. The summed E-state index contributed by atoms with van der Waals surface area (Å²) in [7, 11) is 2.21. The monoisotopic (exact) mass is 366 g/mol. The molecule has 0 bridgehead atoms. The van der Waals surface area contributed by atoms with Crippen LogP contribution in [0.25, 0.3) is 10.6 Å². The predicted molar refractivity (Wildman–Crippen MR) is 94.6 cm³/mol. The van der Waals surface area contributed by atoms with Gasteiger partial charge in [-0.25, -0.2) is 13.8 Å². The first kappa shape index (κ1) is 17.9. The number of aryl methyl sites for hydroxylation is 1. The van der Waals surface area contributed by atoms with Crippen LogP contribution in [0.5, 0.6) is 0 Å². The van der Waals surface area contributed by atoms with Crippen LogP contribution in [0.4, 0.5) is 8.78 Å². The summed E-state index contributed by atoms with van der Waals surface area (Å²) in [5, 5.41) is 3.33. The van der Waals surface area contributed by atoms with Crippen LogP contribution < -0.4 is 5.32 Å². The molecule has 0 aliphatic carbocycles. The third kappa shape index (κ3) is 4.04. The first-order chi connectivity index (χ1) is 11.9. The van der Waals surface area contributed by atoms with E-state index in [2.05, 4.69) is 17.3 Å². The maximum atomic E-state index is 13.9. The highest BCUT2D eigenvalue weighted by Crippen LogP contribution is 2.30. The largest absolute Gasteiger partial charge is 0.346 e. The fraction of sp³-hybridized carbons (Fsp3) is 0.444. The second-order valence-corrected chi connectivity index (χ2v) is 7.81. The van der Waals surface area contributed by atoms with Crippen LogP contribution in [0.15, 0.2) is 18.2 Å². The fourth-order valence-electron chi connectivity index (χ4n) is 3.23. The average Bonchev–Trinajstić information content (AvgIpc) is 3.14. The van der Waals surface area contributed by atoms with E-state index in [0.717, 1.165) is 41.5 Å². The first-order valence-electron chi connectivity index (χ1n) is 8.43. The van der Waals surface area contributed by atoms with Gasteiger partial charge in [0.05, 0.1) is 38.9 Å². The van der Waals surface area contributed by atoms with E-state index >= 15 is 0 Å². The molecule has 1 N–H and O–H groups in total. The molecule has 0 radical (unpaired) electrons. The summed E-state index contributed by atoms with van der Waals surface area (Å²) in [6, 6.07) is 3.37. The molecule has 134 valence electrons. The minimum atomic E-state index is -0.674. The van der Waals surface area contributed by atoms with Crippen molar-refractivity contribution < 1.29 is 18.1 Å². The van der Waals surface area contributed by atoms with E-state index in [-0.39, 0.29) is 11.5 Å². The number of carbonyl (C=O) groups excluding carboxylic acids is 1. The zero-order valence-electron chi connectivity index (χ0n) is 14.4. The zero-order chi connectivity index (χ0) is 18.0. The van der Waals surface area contributed by atoms with Gasteiger partial charge in [-0.05, 0) is 19.1 Å². The van der Waals surface area contributed by atoms with Crippen LogP contribution in [-0.4, -0.2) is 48.6 Å². The fourth-order valence-corrected chi connectivity index (χ4v) is 4.24. The van der Waals surface area contributed by atoms with Gasteiger partial charge in [0.15, 0.2) is 0 Å². The third-order valence-electron chi connectivity index (χ3n) is 4.75. The van der Waals surface area contributed by atoms with Crippen molar-refractivity contribution in [3.63, 3.8) is 0 Å². The van der Waals surface area contributed by atoms with Crippen molar-refractivity contribution in [2.45, 2.75) is 19.8 Å². The number of likely N-dealkylation sites (N-methyl/N-ethyl adjacent to an activating group) is 1. The number of carbonyl (C=O) groups is 1. The molecule has 1 amide bonds. The highest BCUT2D eigenvalue weighted by atomic mass is 32.1. The maximum Gasteiger partial charge on any atom is 0.263 e. The van der Waals surface area contributed by atoms with Crippen molar-refractivity contribution in [1.29, 1.82) is 0 Å². The Labute approximate surface area is 150 Å². The zero-order valence-corrected chi connectivity index (χ0v) is 15.3. The molecule has 25 heavy (non-hydrogen) atoms. The summed E-state index contributed by atoms with van der Waals surface area (Å²) in [5.74, 6) is -1.49. The molecule has 1 fully saturated rings. The highest BCUT2D eigenvalue weighted by molar-refractivity contribution is 7.17. The molecule has 7 heteroatoms. The first-order valence-corrected chi connectivity index (χ1v) is 9.24. The van der Waals surface area contributed by atoms with Crippen molar-refractivity contribution in [3.05, 3.63) is 40.4 Å². The Morgan fingerprint density at radius 2 is 2.04 bits per heavy atom. The molecule has 1 aliphatic heterocycles. The third-order valence-corrected chi connectivity index (χ3v) is 5.94. The Kier molecular flexibility index (Phi) is 5.15. The molecule has 0 unspecified atom stereocenters. The lowest BCUT2D eigenvalue weighted by Crippen LogP contribution is -2.46. The SMILES string of the molecule is Cc1nc(-c2ccc(F)cc2F)sc1C(=O)NCC[N+]1(C)CCCC1. The second-order valence-electron chi connectivity index (χ2n) is 6.81. The lowest BCUT2D eigenvalue weighted by atomic mass is 10.2. The number of nitrogens with one attached hydrogen (secondary N) is 1. The van der Waals surface area contributed by atoms with Crippen LogP contribution in [0.3, 0.4) is 0 Å². The van der Waals surface area contributed by atoms with E-state index in [1.54, 1.807) is 6.92 Å². The molecule has 0 saturated carbocycles. The number of hydrogen-bond acceptors (Lipinski definition) is 3. The van der Waals surface area contributed by atoms with Crippen molar-refractivity contribution in [2.24, 2.45) is 0 Å². The van der Waals surface area contributed by atoms with E-state index in [1.807, 2.05) is 0 Å². The number of halogens is 2. The number of quaternary nitrogens is 1. The van der Waals surface area contributed by atoms with Crippen molar-refractivity contribution in [2.75, 3.05) is 33.2 Å². The summed E-state index contributed by atoms with van der Waals surface area (Å²) >= 11 is 1.13. The number of benzene rings is 1. The Hall–Kier alpha value is -1.86. The molecular weight excluding hydrogens is 344 g/mol. The Bertz CT molecular complexity index is 785. The van der Waals surface area contributed by atoms with Crippen LogP contribution in [0.1, 0.15) is 28.2 Å². The minimum Gasteiger partial charge on any atom is -0.346 e. The molecule has 1 saturated heterocycles. The van der Waals surface area contributed by atoms with Gasteiger partial charge in [0, 0.05) is 24.5 Å². The number of amides is 1. The average molecular weight is 366 g/mol. The highest BCUT2D eigenvalue weighted by Gasteiger charge is 2.26. The van der Waals surface area contributed by atoms with Gasteiger partial charge >= 0.3 is 0 Å². The van der Waals surface area contributed by atoms with Crippen LogP contribution in [0, 0.1) is 18.6 Å². The van der Waals surface area contributed by atoms with Gasteiger partial charge in [-0.1, -0.05) is 0 Å². The molecule has 1 aliphatic rings. The van der Waals surface area contributed by atoms with Gasteiger partial charge in [0.1, 0.15) is 21.5 Å². The normalized spacial score (nSPS) is 16.2. The van der Waals surface area contributed by atoms with Crippen LogP contribution >= 0.6 is 11.3 Å². The Morgan fingerprint density at radius 1 is 1.32 bits per heavy atom. The molecular formula is C18H22F2N3OS+. The van der Waals surface area contributed by atoms with Crippen molar-refractivity contribution in [3.8, 4) is 10.6 Å². The molecule has 3 rings (SSSR count). The molecule has 1 aromatic heterocycles. The van der Waals surface area contributed by atoms with Gasteiger partial charge < -0.3 is 9.80 Å². The minimum absolute atomic E-state index is 0.186. The van der Waals surface area contributed by atoms with Gasteiger partial charge in [0.25, 0.3) is 5.91 Å². The maximum absolute atomic E-state index is 13.9. The summed E-state index contributed by atoms with van der Waals surface area (Å²) in [6.45, 7) is 5.55. The van der Waals surface area contributed by atoms with E-state index in [4.69, 9.17) is 0 Å². The molecule has 4 nitrogen and oxygen atoms in total. The predicted octanol–water partition coefficient (Wildman–Crippen LogP) is 3.37. The van der Waals surface area contributed by atoms with E-state index < -0.39 is 11.6 Å². The standard InChI is InChI=1S/C18H21F2N3OS/c1-12-16(17(24)21-7-10-23(2)8-3-4-9-23)25-18(22-12)14-6-5-13(19)11-15(14)20/h5-6,11H,3-4,7-10H2,1-2H3/p+1. The second kappa shape index (κ2) is 7.17. The Morgan fingerprint density at radius 3 is 2.72 bits per heavy atom. The smallest absolute Gasteiger partial charge is 0.263 e. The molecule has 0 atom stereocenters. The number of aromatic nitrogens is 1. The Balaban J connectivity index is 1.68. The number of hydrogen-bond donors (Lipinski definition) is 1. The van der Waals surface area contributed by atoms with Gasteiger partial charge in [-0.15, -0.1) is 11.3 Å².